The zero-order valence-corrected chi connectivity index (χ0v) is 15.2. The van der Waals surface area contributed by atoms with Gasteiger partial charge in [0, 0.05) is 31.0 Å². The van der Waals surface area contributed by atoms with Crippen LogP contribution >= 0.6 is 0 Å². The summed E-state index contributed by atoms with van der Waals surface area (Å²) in [7, 11) is -3.25. The van der Waals surface area contributed by atoms with Crippen LogP contribution in [0.25, 0.3) is 0 Å². The number of nitrogens with one attached hydrogen (secondary N) is 2. The van der Waals surface area contributed by atoms with Gasteiger partial charge in [-0.2, -0.15) is 13.2 Å². The quantitative estimate of drug-likeness (QED) is 0.790. The lowest BCUT2D eigenvalue weighted by Crippen LogP contribution is -2.31. The maximum atomic E-state index is 12.7. The number of halogens is 3. The number of alkyl halides is 3. The van der Waals surface area contributed by atoms with Crippen molar-refractivity contribution >= 4 is 21.6 Å². The molecule has 0 spiro atoms. The molecule has 0 bridgehead atoms. The third-order valence-corrected chi connectivity index (χ3v) is 5.95. The molecular weight excluding hydrogens is 387 g/mol. The Bertz CT molecular complexity index is 883. The first-order chi connectivity index (χ1) is 12.5. The number of rotatable bonds is 4. The normalized spacial score (nSPS) is 24.4. The molecular formula is C16H18F3N3O4S. The highest BCUT2D eigenvalue weighted by atomic mass is 32.2. The number of aryl methyl sites for hydroxylation is 1. The minimum atomic E-state index is -4.48. The number of oxime groups is 1. The summed E-state index contributed by atoms with van der Waals surface area (Å²) in [4.78, 5) is 16.8. The Kier molecular flexibility index (Phi) is 5.17. The SMILES string of the molecule is Cc1cc(C2=NOC(C(F)(F)F)C2)ccc1C(=O)NCC1CNS(=O)(=O)C1. The molecule has 2 heterocycles. The monoisotopic (exact) mass is 405 g/mol. The van der Waals surface area contributed by atoms with Crippen molar-refractivity contribution in [1.82, 2.24) is 10.0 Å². The topological polar surface area (TPSA) is 96.9 Å². The fraction of sp³-hybridized carbons (Fsp3) is 0.500. The predicted octanol–water partition coefficient (Wildman–Crippen LogP) is 1.33. The van der Waals surface area contributed by atoms with Crippen LogP contribution in [0, 0.1) is 12.8 Å². The van der Waals surface area contributed by atoms with Gasteiger partial charge < -0.3 is 10.2 Å². The molecule has 2 atom stereocenters. The first kappa shape index (κ1) is 19.6. The van der Waals surface area contributed by atoms with Crippen LogP contribution in [0.5, 0.6) is 0 Å². The van der Waals surface area contributed by atoms with E-state index in [0.29, 0.717) is 16.7 Å². The van der Waals surface area contributed by atoms with Crippen molar-refractivity contribution < 1.29 is 31.2 Å². The van der Waals surface area contributed by atoms with Crippen LogP contribution in [0.2, 0.25) is 0 Å². The molecule has 0 radical (unpaired) electrons. The Labute approximate surface area is 154 Å². The minimum Gasteiger partial charge on any atom is -0.382 e. The second kappa shape index (κ2) is 7.12. The predicted molar refractivity (Wildman–Crippen MR) is 90.9 cm³/mol. The Balaban J connectivity index is 1.62. The zero-order chi connectivity index (χ0) is 19.8. The summed E-state index contributed by atoms with van der Waals surface area (Å²) in [5.74, 6) is -0.616. The molecule has 2 unspecified atom stereocenters. The first-order valence-electron chi connectivity index (χ1n) is 8.21. The summed E-state index contributed by atoms with van der Waals surface area (Å²) >= 11 is 0. The molecule has 3 rings (SSSR count). The number of carbonyl (C=O) groups excluding carboxylic acids is 1. The molecule has 2 aliphatic rings. The molecule has 0 aromatic heterocycles. The number of amides is 1. The smallest absolute Gasteiger partial charge is 0.382 e. The number of nitrogens with zero attached hydrogens (tertiary/aromatic N) is 1. The molecule has 2 N–H and O–H groups in total. The molecule has 0 aliphatic carbocycles. The first-order valence-corrected chi connectivity index (χ1v) is 9.86. The van der Waals surface area contributed by atoms with E-state index in [9.17, 15) is 26.4 Å². The zero-order valence-electron chi connectivity index (χ0n) is 14.3. The number of sulfonamides is 1. The van der Waals surface area contributed by atoms with Gasteiger partial charge in [0.1, 0.15) is 0 Å². The average molecular weight is 405 g/mol. The lowest BCUT2D eigenvalue weighted by molar-refractivity contribution is -0.212. The molecule has 27 heavy (non-hydrogen) atoms. The lowest BCUT2D eigenvalue weighted by atomic mass is 9.99. The van der Waals surface area contributed by atoms with Crippen LogP contribution in [-0.4, -0.2) is 51.2 Å². The van der Waals surface area contributed by atoms with Crippen LogP contribution in [0.4, 0.5) is 13.2 Å². The Morgan fingerprint density at radius 1 is 1.41 bits per heavy atom. The van der Waals surface area contributed by atoms with E-state index >= 15 is 0 Å². The molecule has 1 aromatic carbocycles. The van der Waals surface area contributed by atoms with Crippen molar-refractivity contribution in [2.75, 3.05) is 18.8 Å². The van der Waals surface area contributed by atoms with Gasteiger partial charge >= 0.3 is 6.18 Å². The molecule has 1 amide bonds. The van der Waals surface area contributed by atoms with Crippen LogP contribution in [-0.2, 0) is 14.9 Å². The molecule has 2 aliphatic heterocycles. The fourth-order valence-corrected chi connectivity index (χ4v) is 4.42. The van der Waals surface area contributed by atoms with Gasteiger partial charge in [0.2, 0.25) is 16.1 Å². The van der Waals surface area contributed by atoms with Gasteiger partial charge in [0.05, 0.1) is 11.5 Å². The minimum absolute atomic E-state index is 0.0363. The molecule has 11 heteroatoms. The molecule has 0 saturated carbocycles. The van der Waals surface area contributed by atoms with Crippen molar-refractivity contribution in [3.05, 3.63) is 34.9 Å². The van der Waals surface area contributed by atoms with E-state index in [1.54, 1.807) is 13.0 Å². The van der Waals surface area contributed by atoms with Gasteiger partial charge in [-0.3, -0.25) is 4.79 Å². The van der Waals surface area contributed by atoms with Gasteiger partial charge in [-0.1, -0.05) is 11.2 Å². The van der Waals surface area contributed by atoms with Crippen molar-refractivity contribution in [1.29, 1.82) is 0 Å². The average Bonchev–Trinajstić information content (AvgIpc) is 3.19. The van der Waals surface area contributed by atoms with E-state index in [1.807, 2.05) is 0 Å². The number of hydrogen-bond donors (Lipinski definition) is 2. The van der Waals surface area contributed by atoms with E-state index < -0.39 is 22.3 Å². The number of carbonyl (C=O) groups is 1. The molecule has 1 aromatic rings. The van der Waals surface area contributed by atoms with Gasteiger partial charge in [0.15, 0.2) is 0 Å². The number of hydrogen-bond acceptors (Lipinski definition) is 5. The van der Waals surface area contributed by atoms with E-state index in [1.165, 1.54) is 12.1 Å². The Morgan fingerprint density at radius 3 is 2.70 bits per heavy atom. The standard InChI is InChI=1S/C16H18F3N3O4S/c1-9-4-11(13-5-14(26-22-13)16(17,18)19)2-3-12(9)15(23)20-6-10-7-21-27(24,25)8-10/h2-4,10,14,21H,5-8H2,1H3,(H,20,23). The second-order valence-corrected chi connectivity index (χ2v) is 8.46. The van der Waals surface area contributed by atoms with Crippen LogP contribution in [0.15, 0.2) is 23.4 Å². The second-order valence-electron chi connectivity index (χ2n) is 6.61. The highest BCUT2D eigenvalue weighted by Crippen LogP contribution is 2.31. The maximum absolute atomic E-state index is 12.7. The van der Waals surface area contributed by atoms with Crippen molar-refractivity contribution in [3.8, 4) is 0 Å². The van der Waals surface area contributed by atoms with Crippen LogP contribution in [0.1, 0.15) is 27.9 Å². The summed E-state index contributed by atoms with van der Waals surface area (Å²) in [6.07, 6.45) is -6.81. The fourth-order valence-electron chi connectivity index (χ4n) is 2.96. The van der Waals surface area contributed by atoms with Crippen LogP contribution in [0.3, 0.4) is 0 Å². The third kappa shape index (κ3) is 4.59. The van der Waals surface area contributed by atoms with Gasteiger partial charge in [0.25, 0.3) is 5.91 Å². The molecule has 1 saturated heterocycles. The summed E-state index contributed by atoms with van der Waals surface area (Å²) in [6.45, 7) is 2.15. The van der Waals surface area contributed by atoms with Crippen molar-refractivity contribution in [2.45, 2.75) is 25.6 Å². The molecule has 7 nitrogen and oxygen atoms in total. The summed E-state index contributed by atoms with van der Waals surface area (Å²) in [6, 6.07) is 4.61. The van der Waals surface area contributed by atoms with Crippen molar-refractivity contribution in [3.63, 3.8) is 0 Å². The highest BCUT2D eigenvalue weighted by Gasteiger charge is 2.45. The van der Waals surface area contributed by atoms with Gasteiger partial charge in [-0.05, 0) is 30.2 Å². The maximum Gasteiger partial charge on any atom is 0.428 e. The number of benzene rings is 1. The summed E-state index contributed by atoms with van der Waals surface area (Å²) < 4.78 is 63.1. The molecule has 1 fully saturated rings. The van der Waals surface area contributed by atoms with E-state index in [4.69, 9.17) is 0 Å². The van der Waals surface area contributed by atoms with Gasteiger partial charge in [-0.25, -0.2) is 13.1 Å². The lowest BCUT2D eigenvalue weighted by Gasteiger charge is -2.12. The highest BCUT2D eigenvalue weighted by molar-refractivity contribution is 7.89. The Hall–Kier alpha value is -2.14. The van der Waals surface area contributed by atoms with Crippen LogP contribution < -0.4 is 10.0 Å². The molecule has 148 valence electrons. The van der Waals surface area contributed by atoms with E-state index in [-0.39, 0.29) is 42.8 Å². The van der Waals surface area contributed by atoms with E-state index in [2.05, 4.69) is 20.0 Å². The third-order valence-electron chi connectivity index (χ3n) is 4.44. The Morgan fingerprint density at radius 2 is 2.15 bits per heavy atom. The van der Waals surface area contributed by atoms with Crippen molar-refractivity contribution in [2.24, 2.45) is 11.1 Å². The van der Waals surface area contributed by atoms with E-state index in [0.717, 1.165) is 0 Å². The van der Waals surface area contributed by atoms with Gasteiger partial charge in [-0.15, -0.1) is 0 Å². The largest absolute Gasteiger partial charge is 0.428 e. The summed E-state index contributed by atoms with van der Waals surface area (Å²) in [5.41, 5.74) is 1.57. The summed E-state index contributed by atoms with van der Waals surface area (Å²) in [5, 5.41) is 6.19.